The highest BCUT2D eigenvalue weighted by Gasteiger charge is 2.30. The van der Waals surface area contributed by atoms with Gasteiger partial charge in [-0.15, -0.1) is 0 Å². The molecule has 0 radical (unpaired) electrons. The number of halogens is 1. The summed E-state index contributed by atoms with van der Waals surface area (Å²) in [6, 6.07) is 2.28. The van der Waals surface area contributed by atoms with Gasteiger partial charge in [0.05, 0.1) is 9.83 Å². The topological polar surface area (TPSA) is 86.5 Å². The molecule has 0 aromatic heterocycles. The van der Waals surface area contributed by atoms with E-state index in [1.807, 2.05) is 0 Å². The Hall–Kier alpha value is -1.45. The summed E-state index contributed by atoms with van der Waals surface area (Å²) in [5, 5.41) is 22.8. The standard InChI is InChI=1S/C12H9BrN2O4S2/c1-2-14-11(17)9(21-12(14)20)4-6-3-7(15(18)19)5-8(13)10(6)16/h3-5,16H,2H2,1H3/p-1/b9-4-. The largest absolute Gasteiger partial charge is 0.871 e. The number of thioether (sulfide) groups is 1. The summed E-state index contributed by atoms with van der Waals surface area (Å²) in [5.74, 6) is -0.711. The number of thiocarbonyl (C=S) groups is 1. The first-order chi connectivity index (χ1) is 9.85. The number of amides is 1. The Bertz CT molecular complexity index is 690. The second-order valence-electron chi connectivity index (χ2n) is 4.03. The van der Waals surface area contributed by atoms with Gasteiger partial charge in [0.2, 0.25) is 0 Å². The first-order valence-electron chi connectivity index (χ1n) is 5.75. The maximum Gasteiger partial charge on any atom is 0.271 e. The predicted molar refractivity (Wildman–Crippen MR) is 85.8 cm³/mol. The van der Waals surface area contributed by atoms with Gasteiger partial charge in [-0.05, 0) is 18.6 Å². The van der Waals surface area contributed by atoms with Crippen molar-refractivity contribution in [2.24, 2.45) is 0 Å². The van der Waals surface area contributed by atoms with Crippen LogP contribution in [0.1, 0.15) is 12.5 Å². The van der Waals surface area contributed by atoms with Crippen LogP contribution < -0.4 is 5.11 Å². The quantitative estimate of drug-likeness (QED) is 0.343. The van der Waals surface area contributed by atoms with Gasteiger partial charge < -0.3 is 5.11 Å². The van der Waals surface area contributed by atoms with E-state index in [2.05, 4.69) is 15.9 Å². The van der Waals surface area contributed by atoms with Crippen molar-refractivity contribution >= 4 is 61.9 Å². The Balaban J connectivity index is 2.48. The van der Waals surface area contributed by atoms with Crippen LogP contribution in [0, 0.1) is 10.1 Å². The first-order valence-corrected chi connectivity index (χ1v) is 7.77. The third kappa shape index (κ3) is 3.09. The summed E-state index contributed by atoms with van der Waals surface area (Å²) in [5.41, 5.74) is -0.147. The highest BCUT2D eigenvalue weighted by Crippen LogP contribution is 2.36. The Morgan fingerprint density at radius 2 is 2.19 bits per heavy atom. The number of rotatable bonds is 3. The Morgan fingerprint density at radius 1 is 1.52 bits per heavy atom. The molecule has 0 saturated carbocycles. The number of hydrogen-bond acceptors (Lipinski definition) is 6. The number of likely N-dealkylation sites (N-methyl/N-ethyl adjacent to an activating group) is 1. The van der Waals surface area contributed by atoms with Crippen LogP contribution in [-0.4, -0.2) is 26.6 Å². The normalized spacial score (nSPS) is 16.9. The molecule has 1 aliphatic rings. The molecule has 1 fully saturated rings. The van der Waals surface area contributed by atoms with Crippen LogP contribution >= 0.6 is 39.9 Å². The van der Waals surface area contributed by atoms with Gasteiger partial charge >= 0.3 is 0 Å². The van der Waals surface area contributed by atoms with Gasteiger partial charge in [0.15, 0.2) is 0 Å². The molecular weight excluding hydrogens is 380 g/mol. The number of carbonyl (C=O) groups excluding carboxylic acids is 1. The van der Waals surface area contributed by atoms with E-state index in [0.29, 0.717) is 10.9 Å². The number of hydrogen-bond donors (Lipinski definition) is 0. The van der Waals surface area contributed by atoms with Crippen LogP contribution in [0.25, 0.3) is 6.08 Å². The van der Waals surface area contributed by atoms with Gasteiger partial charge in [0.25, 0.3) is 11.6 Å². The van der Waals surface area contributed by atoms with Crippen molar-refractivity contribution in [1.82, 2.24) is 4.90 Å². The van der Waals surface area contributed by atoms with Crippen LogP contribution in [0.2, 0.25) is 0 Å². The molecule has 0 spiro atoms. The molecule has 0 unspecified atom stereocenters. The molecule has 21 heavy (non-hydrogen) atoms. The van der Waals surface area contributed by atoms with Crippen molar-refractivity contribution in [1.29, 1.82) is 0 Å². The van der Waals surface area contributed by atoms with E-state index in [1.54, 1.807) is 6.92 Å². The van der Waals surface area contributed by atoms with Gasteiger partial charge in [-0.1, -0.05) is 45.7 Å². The average Bonchev–Trinajstić information content (AvgIpc) is 2.68. The maximum atomic E-state index is 12.1. The number of nitro groups is 1. The monoisotopic (exact) mass is 387 g/mol. The van der Waals surface area contributed by atoms with Gasteiger partial charge in [-0.25, -0.2) is 0 Å². The van der Waals surface area contributed by atoms with Crippen molar-refractivity contribution in [3.05, 3.63) is 37.2 Å². The van der Waals surface area contributed by atoms with Gasteiger partial charge in [0.1, 0.15) is 4.32 Å². The lowest BCUT2D eigenvalue weighted by atomic mass is 10.1. The summed E-state index contributed by atoms with van der Waals surface area (Å²) in [6.07, 6.45) is 1.34. The molecule has 0 aliphatic carbocycles. The van der Waals surface area contributed by atoms with Crippen molar-refractivity contribution < 1.29 is 14.8 Å². The van der Waals surface area contributed by atoms with Gasteiger partial charge in [-0.2, -0.15) is 0 Å². The third-order valence-electron chi connectivity index (χ3n) is 2.74. The minimum Gasteiger partial charge on any atom is -0.871 e. The van der Waals surface area contributed by atoms with E-state index in [1.165, 1.54) is 11.0 Å². The summed E-state index contributed by atoms with van der Waals surface area (Å²) in [7, 11) is 0. The Kier molecular flexibility index (Phi) is 4.64. The summed E-state index contributed by atoms with van der Waals surface area (Å²) in [6.45, 7) is 2.22. The van der Waals surface area contributed by atoms with Crippen LogP contribution in [0.15, 0.2) is 21.5 Å². The van der Waals surface area contributed by atoms with E-state index in [-0.39, 0.29) is 26.5 Å². The fourth-order valence-electron chi connectivity index (χ4n) is 1.73. The molecule has 1 aromatic rings. The molecule has 1 amide bonds. The molecule has 1 aromatic carbocycles. The molecule has 1 heterocycles. The number of benzene rings is 1. The van der Waals surface area contributed by atoms with E-state index >= 15 is 0 Å². The second-order valence-corrected chi connectivity index (χ2v) is 6.56. The minimum absolute atomic E-state index is 0.0766. The first kappa shape index (κ1) is 15.9. The molecule has 0 bridgehead atoms. The summed E-state index contributed by atoms with van der Waals surface area (Å²) >= 11 is 9.14. The zero-order chi connectivity index (χ0) is 15.7. The zero-order valence-corrected chi connectivity index (χ0v) is 13.9. The SMILES string of the molecule is CCN1C(=O)/C(=C/c2cc([N+](=O)[O-])cc(Br)c2[O-])SC1=S. The Morgan fingerprint density at radius 3 is 2.71 bits per heavy atom. The summed E-state index contributed by atoms with van der Waals surface area (Å²) < 4.78 is 0.486. The molecule has 9 heteroatoms. The third-order valence-corrected chi connectivity index (χ3v) is 4.71. The lowest BCUT2D eigenvalue weighted by Gasteiger charge is -2.13. The van der Waals surface area contributed by atoms with Crippen LogP contribution in [-0.2, 0) is 4.79 Å². The molecule has 0 N–H and O–H groups in total. The predicted octanol–water partition coefficient (Wildman–Crippen LogP) is 2.65. The van der Waals surface area contributed by atoms with Crippen molar-refractivity contribution in [2.45, 2.75) is 6.92 Å². The van der Waals surface area contributed by atoms with Crippen molar-refractivity contribution in [3.8, 4) is 5.75 Å². The average molecular weight is 388 g/mol. The van der Waals surface area contributed by atoms with E-state index in [9.17, 15) is 20.0 Å². The zero-order valence-electron chi connectivity index (χ0n) is 10.7. The highest BCUT2D eigenvalue weighted by molar-refractivity contribution is 9.10. The fraction of sp³-hybridized carbons (Fsp3) is 0.167. The minimum atomic E-state index is -0.598. The van der Waals surface area contributed by atoms with Gasteiger partial charge in [-0.3, -0.25) is 19.8 Å². The fourth-order valence-corrected chi connectivity index (χ4v) is 3.56. The van der Waals surface area contributed by atoms with Crippen molar-refractivity contribution in [3.63, 3.8) is 0 Å². The van der Waals surface area contributed by atoms with E-state index < -0.39 is 10.7 Å². The van der Waals surface area contributed by atoms with E-state index in [0.717, 1.165) is 23.9 Å². The number of carbonyl (C=O) groups is 1. The molecule has 2 rings (SSSR count). The molecule has 1 aliphatic heterocycles. The van der Waals surface area contributed by atoms with Crippen LogP contribution in [0.4, 0.5) is 5.69 Å². The molecular formula is C12H8BrN2O4S2-. The van der Waals surface area contributed by atoms with Crippen molar-refractivity contribution in [2.75, 3.05) is 6.54 Å². The molecule has 6 nitrogen and oxygen atoms in total. The van der Waals surface area contributed by atoms with Gasteiger partial charge in [0, 0.05) is 23.2 Å². The van der Waals surface area contributed by atoms with Crippen LogP contribution in [0.3, 0.4) is 0 Å². The van der Waals surface area contributed by atoms with E-state index in [4.69, 9.17) is 12.2 Å². The number of non-ortho nitro benzene ring substituents is 1. The Labute approximate surface area is 138 Å². The molecule has 110 valence electrons. The number of nitro benzene ring substituents is 1. The lowest BCUT2D eigenvalue weighted by molar-refractivity contribution is -0.385. The van der Waals surface area contributed by atoms with Crippen LogP contribution in [0.5, 0.6) is 5.75 Å². The smallest absolute Gasteiger partial charge is 0.271 e. The molecule has 0 atom stereocenters. The highest BCUT2D eigenvalue weighted by atomic mass is 79.9. The number of nitrogens with zero attached hydrogens (tertiary/aromatic N) is 2. The lowest BCUT2D eigenvalue weighted by Crippen LogP contribution is -2.27. The summed E-state index contributed by atoms with van der Waals surface area (Å²) in [4.78, 5) is 24.0. The second kappa shape index (κ2) is 6.12. The molecule has 1 saturated heterocycles. The maximum absolute atomic E-state index is 12.1.